The predicted octanol–water partition coefficient (Wildman–Crippen LogP) is 5.81. The zero-order valence-corrected chi connectivity index (χ0v) is 17.9. The molecule has 0 bridgehead atoms. The standard InChI is InChI=1S/C20H26BrNOSi/c1-14(2)24(15(3)4,16(5)6)13-11-17-9-10-19(21)18-8-7-12-22(23)20(17)18/h7-10,12,14-16H,1-6H3. The second kappa shape index (κ2) is 7.29. The Labute approximate surface area is 155 Å². The van der Waals surface area contributed by atoms with Gasteiger partial charge in [0.25, 0.3) is 0 Å². The maximum absolute atomic E-state index is 12.3. The minimum absolute atomic E-state index is 0.575. The maximum atomic E-state index is 12.3. The van der Waals surface area contributed by atoms with Gasteiger partial charge < -0.3 is 5.21 Å². The van der Waals surface area contributed by atoms with Gasteiger partial charge in [0.1, 0.15) is 8.07 Å². The number of aromatic nitrogens is 1. The largest absolute Gasteiger partial charge is 0.618 e. The van der Waals surface area contributed by atoms with Crippen LogP contribution in [0.4, 0.5) is 0 Å². The molecule has 0 saturated carbocycles. The van der Waals surface area contributed by atoms with Gasteiger partial charge in [0.15, 0.2) is 6.20 Å². The Balaban J connectivity index is 2.70. The highest BCUT2D eigenvalue weighted by Gasteiger charge is 2.41. The number of hydrogen-bond acceptors (Lipinski definition) is 1. The molecule has 2 aromatic rings. The van der Waals surface area contributed by atoms with E-state index in [1.54, 1.807) is 6.07 Å². The summed E-state index contributed by atoms with van der Waals surface area (Å²) in [7, 11) is -1.81. The van der Waals surface area contributed by atoms with Crippen molar-refractivity contribution in [2.45, 2.75) is 58.2 Å². The summed E-state index contributed by atoms with van der Waals surface area (Å²) in [5.74, 6) is 3.41. The zero-order valence-electron chi connectivity index (χ0n) is 15.4. The second-order valence-electron chi connectivity index (χ2n) is 7.34. The van der Waals surface area contributed by atoms with Gasteiger partial charge in [0.2, 0.25) is 5.52 Å². The number of nitrogens with zero attached hydrogens (tertiary/aromatic N) is 1. The van der Waals surface area contributed by atoms with Crippen molar-refractivity contribution in [1.82, 2.24) is 0 Å². The van der Waals surface area contributed by atoms with Crippen LogP contribution >= 0.6 is 15.9 Å². The van der Waals surface area contributed by atoms with E-state index in [0.29, 0.717) is 22.1 Å². The van der Waals surface area contributed by atoms with Crippen molar-refractivity contribution in [3.05, 3.63) is 45.7 Å². The molecule has 0 spiro atoms. The van der Waals surface area contributed by atoms with Crippen LogP contribution in [0.5, 0.6) is 0 Å². The summed E-state index contributed by atoms with van der Waals surface area (Å²) < 4.78 is 1.85. The smallest absolute Gasteiger partial charge is 0.240 e. The molecule has 1 aromatic carbocycles. The molecule has 1 aromatic heterocycles. The van der Waals surface area contributed by atoms with E-state index in [0.717, 1.165) is 20.2 Å². The summed E-state index contributed by atoms with van der Waals surface area (Å²) in [5.41, 5.74) is 6.91. The molecule has 0 saturated heterocycles. The Bertz CT molecular complexity index is 781. The summed E-state index contributed by atoms with van der Waals surface area (Å²) in [6, 6.07) is 7.66. The van der Waals surface area contributed by atoms with Crippen LogP contribution in [-0.2, 0) is 0 Å². The Hall–Kier alpha value is -1.31. The van der Waals surface area contributed by atoms with Gasteiger partial charge in [-0.3, -0.25) is 0 Å². The SMILES string of the molecule is CC(C)[Si](C#Cc1ccc(Br)c2ccc[n+]([O-])c12)(C(C)C)C(C)C. The van der Waals surface area contributed by atoms with Gasteiger partial charge in [-0.05, 0) is 50.8 Å². The van der Waals surface area contributed by atoms with Gasteiger partial charge in [-0.25, -0.2) is 0 Å². The number of benzene rings is 1. The van der Waals surface area contributed by atoms with Gasteiger partial charge in [-0.2, -0.15) is 4.73 Å². The average molecular weight is 404 g/mol. The lowest BCUT2D eigenvalue weighted by Crippen LogP contribution is -2.43. The maximum Gasteiger partial charge on any atom is 0.240 e. The molecule has 0 radical (unpaired) electrons. The van der Waals surface area contributed by atoms with Crippen molar-refractivity contribution < 1.29 is 4.73 Å². The molecule has 0 fully saturated rings. The van der Waals surface area contributed by atoms with Crippen LogP contribution < -0.4 is 4.73 Å². The van der Waals surface area contributed by atoms with E-state index in [1.165, 1.54) is 6.20 Å². The van der Waals surface area contributed by atoms with E-state index in [1.807, 2.05) is 18.2 Å². The fraction of sp³-hybridized carbons (Fsp3) is 0.450. The first-order chi connectivity index (χ1) is 11.2. The predicted molar refractivity (Wildman–Crippen MR) is 109 cm³/mol. The Kier molecular flexibility index (Phi) is 5.77. The third-order valence-corrected chi connectivity index (χ3v) is 12.1. The molecular formula is C20H26BrNOSi. The first-order valence-corrected chi connectivity index (χ1v) is 11.6. The number of rotatable bonds is 3. The Morgan fingerprint density at radius 1 is 1.00 bits per heavy atom. The molecule has 2 rings (SSSR count). The van der Waals surface area contributed by atoms with Gasteiger partial charge in [0.05, 0.1) is 10.9 Å². The van der Waals surface area contributed by atoms with Crippen LogP contribution in [0.2, 0.25) is 16.6 Å². The van der Waals surface area contributed by atoms with Crippen LogP contribution in [0.25, 0.3) is 10.9 Å². The summed E-state index contributed by atoms with van der Waals surface area (Å²) in [6.45, 7) is 13.8. The lowest BCUT2D eigenvalue weighted by atomic mass is 10.1. The van der Waals surface area contributed by atoms with Gasteiger partial charge in [-0.1, -0.05) is 47.5 Å². The monoisotopic (exact) mass is 403 g/mol. The third kappa shape index (κ3) is 3.25. The quantitative estimate of drug-likeness (QED) is 0.275. The van der Waals surface area contributed by atoms with Gasteiger partial charge in [-0.15, -0.1) is 5.54 Å². The van der Waals surface area contributed by atoms with Crippen LogP contribution in [0, 0.1) is 16.7 Å². The van der Waals surface area contributed by atoms with E-state index >= 15 is 0 Å². The van der Waals surface area contributed by atoms with Crippen molar-refractivity contribution in [3.8, 4) is 11.5 Å². The lowest BCUT2D eigenvalue weighted by molar-refractivity contribution is -0.577. The average Bonchev–Trinajstić information content (AvgIpc) is 2.49. The third-order valence-electron chi connectivity index (χ3n) is 5.15. The van der Waals surface area contributed by atoms with Crippen LogP contribution in [0.1, 0.15) is 47.1 Å². The van der Waals surface area contributed by atoms with E-state index in [4.69, 9.17) is 0 Å². The molecule has 0 amide bonds. The zero-order chi connectivity index (χ0) is 18.1. The molecule has 128 valence electrons. The van der Waals surface area contributed by atoms with E-state index in [2.05, 4.69) is 68.9 Å². The highest BCUT2D eigenvalue weighted by Crippen LogP contribution is 2.40. The molecule has 0 atom stereocenters. The van der Waals surface area contributed by atoms with Crippen molar-refractivity contribution in [1.29, 1.82) is 0 Å². The molecule has 0 aliphatic heterocycles. The highest BCUT2D eigenvalue weighted by atomic mass is 79.9. The van der Waals surface area contributed by atoms with Crippen LogP contribution in [0.15, 0.2) is 34.9 Å². The number of pyridine rings is 1. The van der Waals surface area contributed by atoms with Gasteiger partial charge >= 0.3 is 0 Å². The number of hydrogen-bond donors (Lipinski definition) is 0. The summed E-state index contributed by atoms with van der Waals surface area (Å²) >= 11 is 3.53. The van der Waals surface area contributed by atoms with E-state index in [9.17, 15) is 5.21 Å². The normalized spacial score (nSPS) is 12.1. The molecule has 24 heavy (non-hydrogen) atoms. The van der Waals surface area contributed by atoms with Crippen molar-refractivity contribution in [2.24, 2.45) is 0 Å². The second-order valence-corrected chi connectivity index (χ2v) is 13.8. The van der Waals surface area contributed by atoms with Crippen molar-refractivity contribution >= 4 is 34.9 Å². The van der Waals surface area contributed by atoms with E-state index < -0.39 is 8.07 Å². The topological polar surface area (TPSA) is 26.9 Å². The summed E-state index contributed by atoms with van der Waals surface area (Å²) in [5, 5.41) is 13.2. The summed E-state index contributed by atoms with van der Waals surface area (Å²) in [4.78, 5) is 0. The van der Waals surface area contributed by atoms with Crippen molar-refractivity contribution in [2.75, 3.05) is 0 Å². The molecule has 0 unspecified atom stereocenters. The molecular weight excluding hydrogens is 378 g/mol. The van der Waals surface area contributed by atoms with Gasteiger partial charge in [0, 0.05) is 10.5 Å². The molecule has 1 heterocycles. The van der Waals surface area contributed by atoms with Crippen LogP contribution in [0.3, 0.4) is 0 Å². The highest BCUT2D eigenvalue weighted by molar-refractivity contribution is 9.10. The minimum atomic E-state index is -1.81. The molecule has 2 nitrogen and oxygen atoms in total. The number of fused-ring (bicyclic) bond motifs is 1. The lowest BCUT2D eigenvalue weighted by Gasteiger charge is -2.38. The fourth-order valence-electron chi connectivity index (χ4n) is 3.98. The van der Waals surface area contributed by atoms with Crippen LogP contribution in [-0.4, -0.2) is 8.07 Å². The first-order valence-electron chi connectivity index (χ1n) is 8.55. The fourth-order valence-corrected chi connectivity index (χ4v) is 9.65. The molecule has 0 N–H and O–H groups in total. The molecule has 0 aliphatic rings. The molecule has 0 aliphatic carbocycles. The van der Waals surface area contributed by atoms with E-state index in [-0.39, 0.29) is 0 Å². The Morgan fingerprint density at radius 2 is 1.58 bits per heavy atom. The number of halogens is 1. The van der Waals surface area contributed by atoms with Crippen molar-refractivity contribution in [3.63, 3.8) is 0 Å². The molecule has 4 heteroatoms. The Morgan fingerprint density at radius 3 is 2.12 bits per heavy atom. The summed E-state index contributed by atoms with van der Waals surface area (Å²) in [6.07, 6.45) is 1.54. The first kappa shape index (κ1) is 19.0. The minimum Gasteiger partial charge on any atom is -0.618 e.